The van der Waals surface area contributed by atoms with Crippen molar-refractivity contribution in [2.75, 3.05) is 7.11 Å². The molecule has 0 fully saturated rings. The number of esters is 1. The summed E-state index contributed by atoms with van der Waals surface area (Å²) < 4.78 is 12.1. The molecule has 0 radical (unpaired) electrons. The molecule has 1 heterocycles. The maximum atomic E-state index is 14.0. The zero-order valence-corrected chi connectivity index (χ0v) is 22.9. The van der Waals surface area contributed by atoms with Crippen LogP contribution in [0, 0.1) is 0 Å². The van der Waals surface area contributed by atoms with Gasteiger partial charge in [0.25, 0.3) is 0 Å². The van der Waals surface area contributed by atoms with Gasteiger partial charge in [0.05, 0.1) is 18.0 Å². The van der Waals surface area contributed by atoms with Crippen LogP contribution in [0.2, 0.25) is 0 Å². The minimum atomic E-state index is -1.07. The zero-order chi connectivity index (χ0) is 28.2. The van der Waals surface area contributed by atoms with E-state index in [1.54, 1.807) is 27.0 Å². The summed E-state index contributed by atoms with van der Waals surface area (Å²) in [4.78, 5) is 40.0. The Bertz CT molecular complexity index is 1430. The predicted molar refractivity (Wildman–Crippen MR) is 151 cm³/mol. The number of hydrogen-bond acceptors (Lipinski definition) is 5. The molecule has 4 aromatic rings. The Hall–Kier alpha value is -4.39. The number of benzene rings is 3. The SMILES string of the molecule is COC(=O)[C@@H](Cc1cn(C(=O)OC(C)(C)C)c2ccccc12)NC(=O)C(C)(c1ccccc1)c1ccccc1. The number of carbonyl (C=O) groups excluding carboxylic acids is 3. The summed E-state index contributed by atoms with van der Waals surface area (Å²) in [7, 11) is 1.29. The summed E-state index contributed by atoms with van der Waals surface area (Å²) in [5.41, 5.74) is 1.19. The second-order valence-electron chi connectivity index (χ2n) is 10.6. The van der Waals surface area contributed by atoms with Crippen molar-refractivity contribution in [1.29, 1.82) is 0 Å². The number of ether oxygens (including phenoxy) is 2. The van der Waals surface area contributed by atoms with E-state index in [0.29, 0.717) is 11.1 Å². The Morgan fingerprint density at radius 1 is 0.821 bits per heavy atom. The number of methoxy groups -OCH3 is 1. The average Bonchev–Trinajstić information content (AvgIpc) is 3.30. The highest BCUT2D eigenvalue weighted by Crippen LogP contribution is 2.33. The van der Waals surface area contributed by atoms with Crippen LogP contribution < -0.4 is 5.32 Å². The molecule has 4 rings (SSSR count). The molecule has 7 nitrogen and oxygen atoms in total. The number of amides is 1. The van der Waals surface area contributed by atoms with Crippen LogP contribution in [0.1, 0.15) is 44.4 Å². The van der Waals surface area contributed by atoms with Crippen LogP contribution in [0.4, 0.5) is 4.79 Å². The van der Waals surface area contributed by atoms with E-state index in [-0.39, 0.29) is 12.3 Å². The lowest BCUT2D eigenvalue weighted by Gasteiger charge is -2.31. The molecule has 0 unspecified atom stereocenters. The average molecular weight is 527 g/mol. The molecule has 0 saturated carbocycles. The van der Waals surface area contributed by atoms with Crippen molar-refractivity contribution in [1.82, 2.24) is 9.88 Å². The second kappa shape index (κ2) is 11.2. The minimum Gasteiger partial charge on any atom is -0.467 e. The van der Waals surface area contributed by atoms with E-state index >= 15 is 0 Å². The molecular weight excluding hydrogens is 492 g/mol. The summed E-state index contributed by atoms with van der Waals surface area (Å²) in [6.07, 6.45) is 1.26. The van der Waals surface area contributed by atoms with Gasteiger partial charge in [-0.25, -0.2) is 9.59 Å². The van der Waals surface area contributed by atoms with E-state index in [2.05, 4.69) is 5.32 Å². The van der Waals surface area contributed by atoms with E-state index in [4.69, 9.17) is 9.47 Å². The van der Waals surface area contributed by atoms with Crippen LogP contribution in [-0.2, 0) is 30.9 Å². The van der Waals surface area contributed by atoms with Gasteiger partial charge >= 0.3 is 12.1 Å². The Balaban J connectivity index is 1.71. The number of nitrogens with one attached hydrogen (secondary N) is 1. The maximum Gasteiger partial charge on any atom is 0.419 e. The Kier molecular flexibility index (Phi) is 7.90. The molecule has 1 atom stereocenters. The lowest BCUT2D eigenvalue weighted by molar-refractivity contribution is -0.145. The van der Waals surface area contributed by atoms with Gasteiger partial charge in [0.2, 0.25) is 5.91 Å². The molecule has 0 saturated heterocycles. The fraction of sp³-hybridized carbons (Fsp3) is 0.281. The van der Waals surface area contributed by atoms with Gasteiger partial charge in [-0.1, -0.05) is 78.9 Å². The van der Waals surface area contributed by atoms with Crippen LogP contribution in [0.3, 0.4) is 0 Å². The molecule has 0 aliphatic carbocycles. The summed E-state index contributed by atoms with van der Waals surface area (Å²) in [5, 5.41) is 3.73. The number of nitrogens with zero attached hydrogens (tertiary/aromatic N) is 1. The van der Waals surface area contributed by atoms with Gasteiger partial charge in [-0.3, -0.25) is 9.36 Å². The highest BCUT2D eigenvalue weighted by Gasteiger charge is 2.39. The van der Waals surface area contributed by atoms with Gasteiger partial charge in [-0.15, -0.1) is 0 Å². The van der Waals surface area contributed by atoms with Gasteiger partial charge in [0.15, 0.2) is 0 Å². The summed E-state index contributed by atoms with van der Waals surface area (Å²) in [6, 6.07) is 25.3. The summed E-state index contributed by atoms with van der Waals surface area (Å²) in [5.74, 6) is -0.924. The van der Waals surface area contributed by atoms with Crippen molar-refractivity contribution in [3.05, 3.63) is 108 Å². The molecule has 0 aliphatic heterocycles. The fourth-order valence-corrected chi connectivity index (χ4v) is 4.70. The van der Waals surface area contributed by atoms with E-state index in [1.165, 1.54) is 11.7 Å². The van der Waals surface area contributed by atoms with Gasteiger partial charge < -0.3 is 14.8 Å². The molecule has 1 aromatic heterocycles. The molecule has 3 aromatic carbocycles. The van der Waals surface area contributed by atoms with Crippen molar-refractivity contribution >= 4 is 28.9 Å². The third-order valence-electron chi connectivity index (χ3n) is 6.76. The number of carbonyl (C=O) groups is 3. The van der Waals surface area contributed by atoms with Gasteiger partial charge in [0, 0.05) is 18.0 Å². The van der Waals surface area contributed by atoms with Crippen molar-refractivity contribution < 1.29 is 23.9 Å². The first-order valence-electron chi connectivity index (χ1n) is 12.9. The number of aromatic nitrogens is 1. The number of para-hydroxylation sites is 1. The third kappa shape index (κ3) is 5.87. The minimum absolute atomic E-state index is 0.119. The van der Waals surface area contributed by atoms with Crippen LogP contribution >= 0.6 is 0 Å². The maximum absolute atomic E-state index is 14.0. The molecule has 0 bridgehead atoms. The lowest BCUT2D eigenvalue weighted by atomic mass is 9.75. The first-order chi connectivity index (χ1) is 18.5. The van der Waals surface area contributed by atoms with E-state index in [0.717, 1.165) is 16.5 Å². The molecule has 0 aliphatic rings. The summed E-state index contributed by atoms with van der Waals surface area (Å²) >= 11 is 0. The predicted octanol–water partition coefficient (Wildman–Crippen LogP) is 5.63. The van der Waals surface area contributed by atoms with Crippen LogP contribution in [0.15, 0.2) is 91.1 Å². The standard InChI is InChI=1S/C32H34N2O5/c1-31(2,3)39-30(37)34-21-22(25-18-12-13-19-27(25)34)20-26(28(35)38-5)33-29(36)32(4,23-14-8-6-9-15-23)24-16-10-7-11-17-24/h6-19,21,26H,20H2,1-5H3,(H,33,36)/t26-/m1/s1. The van der Waals surface area contributed by atoms with Crippen LogP contribution in [-0.4, -0.2) is 41.3 Å². The monoisotopic (exact) mass is 526 g/mol. The Morgan fingerprint density at radius 2 is 1.36 bits per heavy atom. The molecule has 0 spiro atoms. The first-order valence-corrected chi connectivity index (χ1v) is 12.9. The van der Waals surface area contributed by atoms with Crippen molar-refractivity contribution in [3.63, 3.8) is 0 Å². The highest BCUT2D eigenvalue weighted by molar-refractivity contribution is 5.96. The third-order valence-corrected chi connectivity index (χ3v) is 6.76. The largest absolute Gasteiger partial charge is 0.467 e. The zero-order valence-electron chi connectivity index (χ0n) is 22.9. The Morgan fingerprint density at radius 3 is 1.90 bits per heavy atom. The van der Waals surface area contributed by atoms with Crippen molar-refractivity contribution in [2.24, 2.45) is 0 Å². The van der Waals surface area contributed by atoms with Crippen LogP contribution in [0.25, 0.3) is 10.9 Å². The van der Waals surface area contributed by atoms with E-state index < -0.39 is 29.1 Å². The van der Waals surface area contributed by atoms with Gasteiger partial charge in [0.1, 0.15) is 11.6 Å². The molecule has 202 valence electrons. The number of fused-ring (bicyclic) bond motifs is 1. The number of hydrogen-bond donors (Lipinski definition) is 1. The fourth-order valence-electron chi connectivity index (χ4n) is 4.70. The molecule has 1 amide bonds. The van der Waals surface area contributed by atoms with Gasteiger partial charge in [-0.05, 0) is 50.5 Å². The Labute approximate surface area is 228 Å². The topological polar surface area (TPSA) is 86.6 Å². The second-order valence-corrected chi connectivity index (χ2v) is 10.6. The van der Waals surface area contributed by atoms with Crippen molar-refractivity contribution in [2.45, 2.75) is 51.2 Å². The van der Waals surface area contributed by atoms with Crippen molar-refractivity contribution in [3.8, 4) is 0 Å². The van der Waals surface area contributed by atoms with Gasteiger partial charge in [-0.2, -0.15) is 0 Å². The quantitative estimate of drug-likeness (QED) is 0.316. The molecule has 7 heteroatoms. The highest BCUT2D eigenvalue weighted by atomic mass is 16.6. The van der Waals surface area contributed by atoms with Crippen LogP contribution in [0.5, 0.6) is 0 Å². The molecule has 1 N–H and O–H groups in total. The summed E-state index contributed by atoms with van der Waals surface area (Å²) in [6.45, 7) is 7.25. The molecule has 39 heavy (non-hydrogen) atoms. The van der Waals surface area contributed by atoms with E-state index in [1.807, 2.05) is 91.9 Å². The normalized spacial score (nSPS) is 12.5. The van der Waals surface area contributed by atoms with E-state index in [9.17, 15) is 14.4 Å². The number of rotatable bonds is 7. The smallest absolute Gasteiger partial charge is 0.419 e. The lowest BCUT2D eigenvalue weighted by Crippen LogP contribution is -2.51. The first kappa shape index (κ1) is 27.6. The molecular formula is C32H34N2O5.